The first-order chi connectivity index (χ1) is 46.2. The molecule has 0 fully saturated rings. The summed E-state index contributed by atoms with van der Waals surface area (Å²) in [6.45, 7) is 31.6. The van der Waals surface area contributed by atoms with Crippen LogP contribution in [-0.2, 0) is 86.1 Å². The maximum Gasteiger partial charge on any atom is 0.333 e. The predicted molar refractivity (Wildman–Crippen MR) is 422 cm³/mol. The summed E-state index contributed by atoms with van der Waals surface area (Å²) in [7, 11) is 16.3. The van der Waals surface area contributed by atoms with E-state index in [9.17, 15) is 82.4 Å². The standard InChI is InChI=1S/C19H32N2O6S3.C16H27NO6.C15H25NO5.C9H17NO3.C9H14O4S3.2CH4/c1-18(2,15(24)25)9-11(13(22)20(5)6)29-17(28)30-12(14(23)21(7)8)10-19(3,4)16(26)27;1-11(2)14(20)22-9-12(18)10-23-15(21)16(3,4)8-7-13(19)17(5)6;1-11(2)13(18)20-9-10-21-14(19)15(3,4)8-7-12(17)16(5)6;1-9(2,8(12)13)6-5-7(11)10(3)4;1-8(2,5(10)11)15-7(14)16-9(3,4)6(12)13;;/h11-12H,9-10H2,1-8H3,(H,24,25)(H,26,27);12,18H,1,7-10H2,2-6H3;1,7-10H2,2-6H3;5-6H2,1-4H3,(H,12,13);1-4H3,(H,10,11)(H,12,13);2*1H4. The Morgan fingerprint density at radius 3 is 0.924 bits per heavy atom. The molecule has 105 heavy (non-hydrogen) atoms. The Morgan fingerprint density at radius 1 is 0.390 bits per heavy atom. The van der Waals surface area contributed by atoms with Crippen molar-refractivity contribution in [2.45, 2.75) is 203 Å². The molecule has 0 aromatic heterocycles. The molecule has 0 saturated carbocycles. The van der Waals surface area contributed by atoms with Crippen molar-refractivity contribution in [3.05, 3.63) is 24.3 Å². The van der Waals surface area contributed by atoms with Gasteiger partial charge in [-0.15, -0.1) is 0 Å². The minimum atomic E-state index is -1.15. The van der Waals surface area contributed by atoms with Gasteiger partial charge in [-0.25, -0.2) is 9.59 Å². The number of carbonyl (C=O) groups is 14. The lowest BCUT2D eigenvalue weighted by molar-refractivity contribution is -0.160. The summed E-state index contributed by atoms with van der Waals surface area (Å²) >= 11 is 14.5. The van der Waals surface area contributed by atoms with Gasteiger partial charge in [0.15, 0.2) is 0 Å². The van der Waals surface area contributed by atoms with Crippen LogP contribution in [0.1, 0.15) is 177 Å². The summed E-state index contributed by atoms with van der Waals surface area (Å²) < 4.78 is 18.2. The van der Waals surface area contributed by atoms with E-state index in [0.717, 1.165) is 47.0 Å². The van der Waals surface area contributed by atoms with E-state index in [1.54, 1.807) is 119 Å². The molecule has 0 rings (SSSR count). The maximum absolute atomic E-state index is 12.6. The van der Waals surface area contributed by atoms with Crippen LogP contribution in [0.15, 0.2) is 24.3 Å². The van der Waals surface area contributed by atoms with Crippen molar-refractivity contribution in [2.75, 3.05) is 96.9 Å². The van der Waals surface area contributed by atoms with Gasteiger partial charge in [-0.1, -0.05) is 99.5 Å². The smallest absolute Gasteiger partial charge is 0.333 e. The van der Waals surface area contributed by atoms with E-state index in [-0.39, 0.29) is 112 Å². The average Bonchev–Trinajstić information content (AvgIpc) is 0.840. The van der Waals surface area contributed by atoms with E-state index in [4.69, 9.17) is 58.7 Å². The third-order valence-corrected chi connectivity index (χ3v) is 19.8. The van der Waals surface area contributed by atoms with Crippen LogP contribution < -0.4 is 0 Å². The Kier molecular flexibility index (Phi) is 54.4. The second-order valence-corrected chi connectivity index (χ2v) is 36.9. The summed E-state index contributed by atoms with van der Waals surface area (Å²) in [6, 6.07) is 0. The number of carboxylic acid groups (broad SMARTS) is 5. The number of carboxylic acids is 5. The molecule has 0 saturated heterocycles. The molecule has 5 amide bonds. The third-order valence-electron chi connectivity index (χ3n) is 14.3. The van der Waals surface area contributed by atoms with E-state index in [1.807, 2.05) is 0 Å². The molecule has 29 nitrogen and oxygen atoms in total. The number of hydrogen-bond acceptors (Lipinski definition) is 25. The molecule has 0 aliphatic heterocycles. The van der Waals surface area contributed by atoms with Gasteiger partial charge < -0.3 is 74.1 Å². The zero-order chi connectivity index (χ0) is 82.7. The lowest BCUT2D eigenvalue weighted by Crippen LogP contribution is -2.39. The average molecular weight is 1610 g/mol. The molecule has 0 bridgehead atoms. The Hall–Kier alpha value is -6.40. The fourth-order valence-corrected chi connectivity index (χ4v) is 13.7. The first-order valence-corrected chi connectivity index (χ1v) is 36.1. The zero-order valence-electron chi connectivity index (χ0n) is 64.8. The van der Waals surface area contributed by atoms with Crippen LogP contribution in [0.25, 0.3) is 0 Å². The minimum absolute atomic E-state index is 0. The Morgan fingerprint density at radius 2 is 0.657 bits per heavy atom. The first kappa shape index (κ1) is 112. The topological polar surface area (TPSA) is 413 Å². The monoisotopic (exact) mass is 1610 g/mol. The summed E-state index contributed by atoms with van der Waals surface area (Å²) in [4.78, 5) is 168. The van der Waals surface area contributed by atoms with Gasteiger partial charge in [0.25, 0.3) is 0 Å². The zero-order valence-corrected chi connectivity index (χ0v) is 69.7. The highest BCUT2D eigenvalue weighted by atomic mass is 32.2. The van der Waals surface area contributed by atoms with Crippen molar-refractivity contribution in [1.82, 2.24) is 24.5 Å². The Labute approximate surface area is 650 Å². The number of aliphatic hydroxyl groups is 1. The summed E-state index contributed by atoms with van der Waals surface area (Å²) in [5, 5.41) is 53.6. The molecular weight excluding hydrogens is 1490 g/mol. The number of nitrogens with zero attached hydrogens (tertiary/aromatic N) is 5. The molecule has 0 aromatic carbocycles. The largest absolute Gasteiger partial charge is 0.481 e. The third kappa shape index (κ3) is 49.2. The molecule has 0 heterocycles. The molecule has 3 unspecified atom stereocenters. The second kappa shape index (κ2) is 51.0. The van der Waals surface area contributed by atoms with Crippen LogP contribution in [0.5, 0.6) is 0 Å². The molecule has 0 radical (unpaired) electrons. The number of thioether (sulfide) groups is 4. The predicted octanol–water partition coefficient (Wildman–Crippen LogP) is 9.80. The van der Waals surface area contributed by atoms with E-state index < -0.39 is 107 Å². The van der Waals surface area contributed by atoms with Gasteiger partial charge >= 0.3 is 53.7 Å². The number of hydrogen-bond donors (Lipinski definition) is 6. The van der Waals surface area contributed by atoms with Crippen molar-refractivity contribution >= 4 is 162 Å². The van der Waals surface area contributed by atoms with Gasteiger partial charge in [-0.05, 0) is 143 Å². The van der Waals surface area contributed by atoms with Gasteiger partial charge in [-0.3, -0.25) is 57.5 Å². The normalized spacial score (nSPS) is 12.0. The molecule has 6 N–H and O–H groups in total. The highest BCUT2D eigenvalue weighted by Crippen LogP contribution is 2.39. The van der Waals surface area contributed by atoms with E-state index in [2.05, 4.69) is 13.2 Å². The Balaban J connectivity index is -0.000000234. The van der Waals surface area contributed by atoms with Crippen LogP contribution in [0.2, 0.25) is 0 Å². The van der Waals surface area contributed by atoms with Crippen molar-refractivity contribution in [3.63, 3.8) is 0 Å². The van der Waals surface area contributed by atoms with Crippen molar-refractivity contribution < 1.29 is 117 Å². The fourth-order valence-electron chi connectivity index (χ4n) is 6.36. The summed E-state index contributed by atoms with van der Waals surface area (Å²) in [6.07, 6.45) is 0.897. The number of aliphatic hydroxyl groups excluding tert-OH is 1. The minimum Gasteiger partial charge on any atom is -0.481 e. The number of aliphatic carboxylic acids is 5. The lowest BCUT2D eigenvalue weighted by Gasteiger charge is -2.29. The van der Waals surface area contributed by atoms with E-state index >= 15 is 0 Å². The molecule has 0 aromatic rings. The molecule has 608 valence electrons. The van der Waals surface area contributed by atoms with Crippen LogP contribution in [0.3, 0.4) is 0 Å². The van der Waals surface area contributed by atoms with Gasteiger partial charge in [0.1, 0.15) is 49.1 Å². The number of rotatable bonds is 35. The molecule has 0 aliphatic carbocycles. The van der Waals surface area contributed by atoms with Crippen LogP contribution in [0.4, 0.5) is 0 Å². The first-order valence-electron chi connectivity index (χ1n) is 31.9. The molecule has 35 heteroatoms. The van der Waals surface area contributed by atoms with Crippen molar-refractivity contribution in [2.24, 2.45) is 27.1 Å². The summed E-state index contributed by atoms with van der Waals surface area (Å²) in [5.41, 5.74) is -4.19. The highest BCUT2D eigenvalue weighted by Gasteiger charge is 2.40. The van der Waals surface area contributed by atoms with Crippen molar-refractivity contribution in [1.29, 1.82) is 0 Å². The second-order valence-electron chi connectivity index (χ2n) is 28.8. The SMILES string of the molecule is C.C.C=C(C)C(=O)OCC(O)COC(=O)C(C)(C)CCC(=O)N(C)C.C=C(C)C(=O)OCCOC(=O)C(C)(C)CCC(=O)N(C)C.CC(C)(SC(=S)SC(C)(C)C(=O)O)C(=O)O.CN(C)C(=O)C(CC(C)(C)C(=O)O)SC(=S)SC(CC(C)(C)C(=O)O)C(=O)N(C)C.CN(C)C(=O)CCC(C)(C)C(=O)O. The van der Waals surface area contributed by atoms with Crippen molar-refractivity contribution in [3.8, 4) is 0 Å². The molecule has 3 atom stereocenters. The Bertz CT molecular complexity index is 2890. The maximum atomic E-state index is 12.6. The lowest BCUT2D eigenvalue weighted by atomic mass is 9.87. The summed E-state index contributed by atoms with van der Waals surface area (Å²) in [5.74, 6) is -7.63. The molecular formula is C70H123N5O24S6. The number of carbonyl (C=O) groups excluding carboxylic acids is 9. The van der Waals surface area contributed by atoms with Crippen LogP contribution in [0, 0.1) is 27.1 Å². The van der Waals surface area contributed by atoms with Gasteiger partial charge in [0.05, 0.1) is 37.6 Å². The molecule has 0 spiro atoms. The number of amides is 5. The molecule has 0 aliphatic rings. The van der Waals surface area contributed by atoms with Crippen LogP contribution in [-0.4, -0.2) is 268 Å². The number of ether oxygens (including phenoxy) is 4. The van der Waals surface area contributed by atoms with Gasteiger partial charge in [0.2, 0.25) is 29.5 Å². The van der Waals surface area contributed by atoms with Gasteiger partial charge in [-0.2, -0.15) is 0 Å². The van der Waals surface area contributed by atoms with Gasteiger partial charge in [0, 0.05) is 101 Å². The number of thiocarbonyl (C=S) groups is 2. The highest BCUT2D eigenvalue weighted by molar-refractivity contribution is 8.48. The number of esters is 4. The quantitative estimate of drug-likeness (QED) is 0.0113. The van der Waals surface area contributed by atoms with E-state index in [1.165, 1.54) is 86.8 Å². The van der Waals surface area contributed by atoms with Crippen LogP contribution >= 0.6 is 71.5 Å². The van der Waals surface area contributed by atoms with E-state index in [0.29, 0.717) is 28.4 Å². The fraction of sp³-hybridized carbons (Fsp3) is 0.714.